The Balaban J connectivity index is 0.000000616. The zero-order valence-electron chi connectivity index (χ0n) is 77.1. The maximum absolute atomic E-state index is 13.6. The van der Waals surface area contributed by atoms with E-state index in [2.05, 4.69) is 5.32 Å². The quantitative estimate of drug-likeness (QED) is 0.0147. The summed E-state index contributed by atoms with van der Waals surface area (Å²) in [5, 5.41) is 93.7. The number of ether oxygens (including phenoxy) is 18. The van der Waals surface area contributed by atoms with Crippen molar-refractivity contribution in [1.29, 1.82) is 0 Å². The third kappa shape index (κ3) is 45.5. The van der Waals surface area contributed by atoms with E-state index in [0.717, 1.165) is 48.2 Å². The summed E-state index contributed by atoms with van der Waals surface area (Å²) in [6, 6.07) is 39.0. The van der Waals surface area contributed by atoms with Gasteiger partial charge in [0.05, 0.1) is 149 Å². The molecule has 0 aromatic heterocycles. The van der Waals surface area contributed by atoms with Gasteiger partial charge in [0.25, 0.3) is 0 Å². The van der Waals surface area contributed by atoms with Crippen LogP contribution in [0.15, 0.2) is 158 Å². The predicted molar refractivity (Wildman–Crippen MR) is 477 cm³/mol. The van der Waals surface area contributed by atoms with Crippen LogP contribution in [0.25, 0.3) is 0 Å². The Morgan fingerprint density at radius 1 is 0.308 bits per heavy atom. The average Bonchev–Trinajstić information content (AvgIpc) is 0.860. The van der Waals surface area contributed by atoms with E-state index in [1.165, 1.54) is 72.8 Å². The monoisotopic (exact) mass is 2010 g/mol. The number of aliphatic carboxylic acids is 2. The van der Waals surface area contributed by atoms with Crippen molar-refractivity contribution in [2.75, 3.05) is 99.0 Å². The first kappa shape index (κ1) is 117. The topological polar surface area (TPSA) is 688 Å². The molecule has 6 aromatic rings. The van der Waals surface area contributed by atoms with Crippen LogP contribution in [0.1, 0.15) is 162 Å². The second-order valence-corrected chi connectivity index (χ2v) is 30.8. The van der Waals surface area contributed by atoms with Crippen molar-refractivity contribution < 1.29 is 223 Å². The summed E-state index contributed by atoms with van der Waals surface area (Å²) in [4.78, 5) is 226. The molecule has 0 spiro atoms. The molecule has 2 fully saturated rings. The summed E-state index contributed by atoms with van der Waals surface area (Å²) < 4.78 is 94.2. The molecule has 0 radical (unpaired) electrons. The molecule has 0 unspecified atom stereocenters. The van der Waals surface area contributed by atoms with E-state index in [1.54, 1.807) is 0 Å². The first-order chi connectivity index (χ1) is 68.7. The van der Waals surface area contributed by atoms with Gasteiger partial charge in [-0.05, 0) is 85.7 Å². The van der Waals surface area contributed by atoms with Gasteiger partial charge in [0.15, 0.2) is 18.5 Å². The summed E-state index contributed by atoms with van der Waals surface area (Å²) >= 11 is 0. The highest BCUT2D eigenvalue weighted by Gasteiger charge is 2.33. The predicted octanol–water partition coefficient (Wildman–Crippen LogP) is 3.66. The molecule has 2 aliphatic rings. The maximum Gasteiger partial charge on any atom is 0.407 e. The van der Waals surface area contributed by atoms with Gasteiger partial charge in [0, 0.05) is 12.1 Å². The third-order valence-corrected chi connectivity index (χ3v) is 19.7. The van der Waals surface area contributed by atoms with Gasteiger partial charge in [-0.3, -0.25) is 62.3 Å². The van der Waals surface area contributed by atoms with E-state index >= 15 is 0 Å². The Hall–Kier alpha value is -14.8. The molecule has 776 valence electrons. The summed E-state index contributed by atoms with van der Waals surface area (Å²) in [5.41, 5.74) is 0.217. The number of carbonyl (C=O) groups excluding carboxylic acids is 16. The number of carbonyl (C=O) groups is 18. The smallest absolute Gasteiger partial charge is 0.407 e. The Morgan fingerprint density at radius 2 is 0.580 bits per heavy atom. The Kier molecular flexibility index (Phi) is 53.3. The zero-order chi connectivity index (χ0) is 104. The van der Waals surface area contributed by atoms with Crippen LogP contribution in [0.3, 0.4) is 0 Å². The fraction of sp³-hybridized carbons (Fsp3) is 0.438. The summed E-state index contributed by atoms with van der Waals surface area (Å²) in [7, 11) is 0. The van der Waals surface area contributed by atoms with Gasteiger partial charge in [0.1, 0.15) is 109 Å². The van der Waals surface area contributed by atoms with Crippen molar-refractivity contribution in [3.05, 3.63) is 191 Å². The summed E-state index contributed by atoms with van der Waals surface area (Å²) in [5.74, 6) is -19.4. The summed E-state index contributed by atoms with van der Waals surface area (Å²) in [6.07, 6.45) is -13.8. The lowest BCUT2D eigenvalue weighted by atomic mass is 9.82. The fourth-order valence-corrected chi connectivity index (χ4v) is 12.3. The highest BCUT2D eigenvalue weighted by atomic mass is 16.7. The number of benzene rings is 6. The van der Waals surface area contributed by atoms with E-state index in [-0.39, 0.29) is 38.6 Å². The number of aliphatic hydroxyl groups is 8. The molecular formula is C96H111NO46. The maximum atomic E-state index is 13.6. The molecule has 47 nitrogen and oxygen atoms in total. The highest BCUT2D eigenvalue weighted by molar-refractivity contribution is 5.97. The second-order valence-electron chi connectivity index (χ2n) is 30.8. The number of esters is 15. The van der Waals surface area contributed by atoms with Crippen molar-refractivity contribution in [2.24, 2.45) is 11.8 Å². The number of para-hydroxylation sites is 4. The van der Waals surface area contributed by atoms with E-state index in [1.807, 2.05) is 60.7 Å². The number of hydrogen-bond acceptors (Lipinski definition) is 44. The van der Waals surface area contributed by atoms with Gasteiger partial charge in [-0.25, -0.2) is 24.0 Å². The van der Waals surface area contributed by atoms with E-state index in [0.29, 0.717) is 25.3 Å². The fourth-order valence-electron chi connectivity index (χ4n) is 12.3. The van der Waals surface area contributed by atoms with E-state index < -0.39 is 345 Å². The number of rotatable bonds is 55. The van der Waals surface area contributed by atoms with Gasteiger partial charge in [0.2, 0.25) is 0 Å². The van der Waals surface area contributed by atoms with Crippen LogP contribution in [0, 0.1) is 11.8 Å². The van der Waals surface area contributed by atoms with Gasteiger partial charge < -0.3 is 142 Å². The van der Waals surface area contributed by atoms with Crippen molar-refractivity contribution in [3.63, 3.8) is 0 Å². The average molecular weight is 2010 g/mol. The van der Waals surface area contributed by atoms with Crippen molar-refractivity contribution in [3.8, 4) is 23.0 Å². The lowest BCUT2D eigenvalue weighted by molar-refractivity contribution is -0.229. The molecule has 6 aromatic carbocycles. The number of amides is 1. The Morgan fingerprint density at radius 3 is 0.874 bits per heavy atom. The number of aliphatic hydroxyl groups excluding tert-OH is 8. The molecule has 1 saturated heterocycles. The Bertz CT molecular complexity index is 4680. The highest BCUT2D eigenvalue weighted by Crippen LogP contribution is 2.31. The van der Waals surface area contributed by atoms with Gasteiger partial charge in [-0.1, -0.05) is 109 Å². The molecule has 11 N–H and O–H groups in total. The molecule has 0 bridgehead atoms. The minimum absolute atomic E-state index is 0.145. The third-order valence-electron chi connectivity index (χ3n) is 19.7. The van der Waals surface area contributed by atoms with Crippen LogP contribution < -0.4 is 24.3 Å². The molecule has 0 atom stereocenters. The molecule has 1 amide bonds. The van der Waals surface area contributed by atoms with Crippen LogP contribution in [0.2, 0.25) is 0 Å². The number of hydrogen-bond donors (Lipinski definition) is 11. The van der Waals surface area contributed by atoms with Crippen molar-refractivity contribution in [2.45, 2.75) is 158 Å². The molecule has 47 heteroatoms. The molecule has 1 aliphatic carbocycles. The van der Waals surface area contributed by atoms with Crippen LogP contribution in [-0.4, -0.2) is 300 Å². The van der Waals surface area contributed by atoms with Crippen LogP contribution in [0.4, 0.5) is 4.79 Å². The normalized spacial score (nSPS) is 14.1. The van der Waals surface area contributed by atoms with Crippen LogP contribution >= 0.6 is 0 Å². The number of alkyl carbamates (subject to hydrolysis) is 1. The molecule has 1 aliphatic heterocycles. The Labute approximate surface area is 815 Å². The SMILES string of the molecule is O=C(CCC(=O)OC(CO)CO)Oc1ccccc1C(=O)OCC(COC(=O)c1ccccc1OC(=O)CCC(=O)OC(CO)CO)OC(=O)CCC(=O)OC(COC(=O)c1ccccc1OC(=O)CCC(=O)OC(CO)CO)COC(=O)c1ccccc1OC(=O)CCC(=O)OC(CO)CO.O=C(NCC1CCC(C(=O)O)CC1)OCc1ccccc1.O=C(O)CCC(=O)OC1COC(c2ccccc2)OC1. The lowest BCUT2D eigenvalue weighted by Gasteiger charge is -2.29. The largest absolute Gasteiger partial charge is 0.481 e. The number of nitrogens with one attached hydrogen (secondary N) is 1. The molecule has 1 heterocycles. The van der Waals surface area contributed by atoms with Crippen molar-refractivity contribution in [1.82, 2.24) is 5.32 Å². The molecular weight excluding hydrogens is 1900 g/mol. The van der Waals surface area contributed by atoms with Crippen molar-refractivity contribution >= 4 is 108 Å². The molecule has 143 heavy (non-hydrogen) atoms. The minimum Gasteiger partial charge on any atom is -0.481 e. The van der Waals surface area contributed by atoms with Crippen LogP contribution in [0.5, 0.6) is 23.0 Å². The zero-order valence-corrected chi connectivity index (χ0v) is 77.1. The first-order valence-corrected chi connectivity index (χ1v) is 44.5. The lowest BCUT2D eigenvalue weighted by Crippen LogP contribution is -2.35. The molecule has 1 saturated carbocycles. The van der Waals surface area contributed by atoms with E-state index in [4.69, 9.17) is 95.5 Å². The van der Waals surface area contributed by atoms with Gasteiger partial charge >= 0.3 is 108 Å². The number of carboxylic acid groups (broad SMARTS) is 2. The summed E-state index contributed by atoms with van der Waals surface area (Å²) in [6.45, 7) is -8.25. The van der Waals surface area contributed by atoms with Gasteiger partial charge in [-0.15, -0.1) is 0 Å². The number of carboxylic acids is 2. The molecule has 8 rings (SSSR count). The second kappa shape index (κ2) is 65.2. The van der Waals surface area contributed by atoms with E-state index in [9.17, 15) is 127 Å². The first-order valence-electron chi connectivity index (χ1n) is 44.5. The minimum atomic E-state index is -1.77. The van der Waals surface area contributed by atoms with Crippen LogP contribution in [-0.2, 0) is 135 Å². The van der Waals surface area contributed by atoms with Gasteiger partial charge in [-0.2, -0.15) is 0 Å². The standard InChI is InChI=1S/C66H74O36.C16H21NO4.C14H16O6/c67-27-39(28-68)93-53(75)19-23-59(81)99-49-13-5-1-9-45(49)63(85)89-35-43(36-90-64(86)46-10-2-6-14-50(46)100-60(82)24-20-54(76)94-40(29-69)30-70)97-57(79)17-18-58(80)98-44(37-91-65(87)47-11-3-7-15-51(47)101-61(83)25-21-55(77)95-41(31-71)32-72)38-92-66(88)48-12-4-8-16-52(48)102-62(84)26-22-56(78)96-42(33-73)34-74;18-15(19)14-8-6-12(7-9-14)10-17-16(20)21-11-13-4-2-1-3-5-13;15-12(16)6-7-13(17)20-11-8-18-14(19-9-11)10-4-2-1-3-5-10/h1-16,39-44,67-74H,17-38H2;1-5,12,14H,6-11H2,(H,17,20)(H,18,19);1-5,11,14H,6-9H2,(H,15,16).